The van der Waals surface area contributed by atoms with Crippen LogP contribution in [-0.2, 0) is 26.0 Å². The van der Waals surface area contributed by atoms with Crippen LogP contribution in [-0.4, -0.2) is 33.4 Å². The molecule has 26 heavy (non-hydrogen) atoms. The summed E-state index contributed by atoms with van der Waals surface area (Å²) in [4.78, 5) is 22.5. The van der Waals surface area contributed by atoms with Gasteiger partial charge in [0.1, 0.15) is 4.90 Å². The number of para-hydroxylation sites is 1. The Kier molecular flexibility index (Phi) is 4.88. The average molecular weight is 395 g/mol. The lowest BCUT2D eigenvalue weighted by Gasteiger charge is -2.20. The molecule has 0 aromatic heterocycles. The molecule has 9 heteroatoms. The Balaban J connectivity index is 1.97. The number of benzene rings is 2. The van der Waals surface area contributed by atoms with Crippen molar-refractivity contribution in [2.45, 2.75) is 11.3 Å². The fourth-order valence-electron chi connectivity index (χ4n) is 2.72. The zero-order valence-corrected chi connectivity index (χ0v) is 15.1. The van der Waals surface area contributed by atoms with Crippen molar-refractivity contribution in [3.63, 3.8) is 0 Å². The SMILES string of the molecule is NC(=O)COC(=O)c1ccc(Cl)c(S(=O)(=O)N2CCc3ccccc32)c1. The first-order valence-corrected chi connectivity index (χ1v) is 9.48. The Hall–Kier alpha value is -2.58. The van der Waals surface area contributed by atoms with E-state index in [0.29, 0.717) is 12.1 Å². The highest BCUT2D eigenvalue weighted by Gasteiger charge is 2.32. The number of nitrogens with two attached hydrogens (primary N) is 1. The molecule has 1 aliphatic rings. The predicted octanol–water partition coefficient (Wildman–Crippen LogP) is 1.73. The molecule has 0 unspecified atom stereocenters. The highest BCUT2D eigenvalue weighted by Crippen LogP contribution is 2.35. The first-order valence-electron chi connectivity index (χ1n) is 7.66. The maximum absolute atomic E-state index is 13.1. The smallest absolute Gasteiger partial charge is 0.338 e. The number of sulfonamides is 1. The molecule has 0 bridgehead atoms. The summed E-state index contributed by atoms with van der Waals surface area (Å²) in [6, 6.07) is 11.0. The number of hydrogen-bond donors (Lipinski definition) is 1. The minimum atomic E-state index is -3.97. The van der Waals surface area contributed by atoms with Crippen molar-refractivity contribution < 1.29 is 22.7 Å². The number of nitrogens with zero attached hydrogens (tertiary/aromatic N) is 1. The zero-order chi connectivity index (χ0) is 18.9. The zero-order valence-electron chi connectivity index (χ0n) is 13.5. The van der Waals surface area contributed by atoms with Gasteiger partial charge in [-0.2, -0.15) is 0 Å². The van der Waals surface area contributed by atoms with Crippen molar-refractivity contribution in [2.24, 2.45) is 5.73 Å². The molecule has 1 amide bonds. The highest BCUT2D eigenvalue weighted by atomic mass is 35.5. The van der Waals surface area contributed by atoms with Gasteiger partial charge in [-0.15, -0.1) is 0 Å². The van der Waals surface area contributed by atoms with E-state index in [1.54, 1.807) is 12.1 Å². The Morgan fingerprint density at radius 3 is 2.65 bits per heavy atom. The Morgan fingerprint density at radius 1 is 1.19 bits per heavy atom. The third-order valence-electron chi connectivity index (χ3n) is 3.93. The largest absolute Gasteiger partial charge is 0.452 e. The Morgan fingerprint density at radius 2 is 1.92 bits per heavy atom. The van der Waals surface area contributed by atoms with Gasteiger partial charge < -0.3 is 10.5 Å². The molecule has 2 N–H and O–H groups in total. The number of rotatable bonds is 5. The number of carbonyl (C=O) groups is 2. The van der Waals surface area contributed by atoms with Gasteiger partial charge in [0.25, 0.3) is 15.9 Å². The summed E-state index contributed by atoms with van der Waals surface area (Å²) < 4.78 is 32.1. The van der Waals surface area contributed by atoms with Crippen LogP contribution in [0.5, 0.6) is 0 Å². The molecule has 136 valence electrons. The van der Waals surface area contributed by atoms with Gasteiger partial charge in [0.15, 0.2) is 6.61 Å². The third-order valence-corrected chi connectivity index (χ3v) is 6.22. The minimum absolute atomic E-state index is 0.0131. The number of primary amides is 1. The van der Waals surface area contributed by atoms with E-state index in [0.717, 1.165) is 11.6 Å². The number of esters is 1. The molecular weight excluding hydrogens is 380 g/mol. The summed E-state index contributed by atoms with van der Waals surface area (Å²) >= 11 is 6.09. The second-order valence-corrected chi connectivity index (χ2v) is 7.88. The lowest BCUT2D eigenvalue weighted by atomic mass is 10.2. The number of hydrogen-bond acceptors (Lipinski definition) is 5. The summed E-state index contributed by atoms with van der Waals surface area (Å²) in [6.45, 7) is -0.308. The van der Waals surface area contributed by atoms with Crippen LogP contribution in [0.25, 0.3) is 0 Å². The van der Waals surface area contributed by atoms with Crippen LogP contribution < -0.4 is 10.0 Å². The number of halogens is 1. The maximum atomic E-state index is 13.1. The van der Waals surface area contributed by atoms with Gasteiger partial charge in [-0.1, -0.05) is 29.8 Å². The summed E-state index contributed by atoms with van der Waals surface area (Å²) in [6.07, 6.45) is 0.591. The molecule has 0 radical (unpaired) electrons. The molecule has 7 nitrogen and oxygen atoms in total. The van der Waals surface area contributed by atoms with Gasteiger partial charge in [0.05, 0.1) is 16.3 Å². The fourth-order valence-corrected chi connectivity index (χ4v) is 4.73. The van der Waals surface area contributed by atoms with E-state index in [1.807, 2.05) is 12.1 Å². The number of anilines is 1. The normalized spacial score (nSPS) is 13.3. The maximum Gasteiger partial charge on any atom is 0.338 e. The van der Waals surface area contributed by atoms with Crippen LogP contribution in [0.15, 0.2) is 47.4 Å². The van der Waals surface area contributed by atoms with E-state index in [-0.39, 0.29) is 22.0 Å². The third kappa shape index (κ3) is 3.38. The molecule has 3 rings (SSSR count). The van der Waals surface area contributed by atoms with Crippen LogP contribution in [0, 0.1) is 0 Å². The molecule has 0 fully saturated rings. The predicted molar refractivity (Wildman–Crippen MR) is 95.6 cm³/mol. The van der Waals surface area contributed by atoms with Crippen molar-refractivity contribution in [1.82, 2.24) is 0 Å². The van der Waals surface area contributed by atoms with E-state index in [9.17, 15) is 18.0 Å². The minimum Gasteiger partial charge on any atom is -0.452 e. The van der Waals surface area contributed by atoms with Gasteiger partial charge >= 0.3 is 5.97 Å². The molecule has 0 saturated heterocycles. The quantitative estimate of drug-likeness (QED) is 0.777. The number of ether oxygens (including phenoxy) is 1. The molecule has 0 saturated carbocycles. The van der Waals surface area contributed by atoms with Gasteiger partial charge in [-0.25, -0.2) is 13.2 Å². The molecule has 0 aliphatic carbocycles. The van der Waals surface area contributed by atoms with Crippen molar-refractivity contribution in [3.05, 3.63) is 58.6 Å². The lowest BCUT2D eigenvalue weighted by Crippen LogP contribution is -2.29. The topological polar surface area (TPSA) is 107 Å². The van der Waals surface area contributed by atoms with Gasteiger partial charge in [-0.3, -0.25) is 9.10 Å². The van der Waals surface area contributed by atoms with Crippen molar-refractivity contribution in [3.8, 4) is 0 Å². The summed E-state index contributed by atoms with van der Waals surface area (Å²) in [5.74, 6) is -1.67. The van der Waals surface area contributed by atoms with Gasteiger partial charge in [0.2, 0.25) is 0 Å². The molecule has 2 aromatic rings. The summed E-state index contributed by atoms with van der Waals surface area (Å²) in [5.41, 5.74) is 6.40. The first-order chi connectivity index (χ1) is 12.3. The van der Waals surface area contributed by atoms with Crippen molar-refractivity contribution in [1.29, 1.82) is 0 Å². The van der Waals surface area contributed by atoms with E-state index < -0.39 is 28.5 Å². The highest BCUT2D eigenvalue weighted by molar-refractivity contribution is 7.93. The second kappa shape index (κ2) is 6.97. The lowest BCUT2D eigenvalue weighted by molar-refractivity contribution is -0.121. The van der Waals surface area contributed by atoms with Crippen molar-refractivity contribution in [2.75, 3.05) is 17.5 Å². The summed E-state index contributed by atoms with van der Waals surface area (Å²) in [7, 11) is -3.97. The van der Waals surface area contributed by atoms with Crippen LogP contribution in [0.1, 0.15) is 15.9 Å². The van der Waals surface area contributed by atoms with Crippen LogP contribution in [0.2, 0.25) is 5.02 Å². The van der Waals surface area contributed by atoms with Gasteiger partial charge in [0, 0.05) is 6.54 Å². The number of fused-ring (bicyclic) bond motifs is 1. The van der Waals surface area contributed by atoms with Gasteiger partial charge in [-0.05, 0) is 36.2 Å². The fraction of sp³-hybridized carbons (Fsp3) is 0.176. The Bertz CT molecular complexity index is 990. The van der Waals surface area contributed by atoms with Crippen LogP contribution in [0.4, 0.5) is 5.69 Å². The molecule has 0 atom stereocenters. The van der Waals surface area contributed by atoms with Crippen molar-refractivity contribution >= 4 is 39.2 Å². The molecule has 2 aromatic carbocycles. The number of carbonyl (C=O) groups excluding carboxylic acids is 2. The average Bonchev–Trinajstić information content (AvgIpc) is 3.04. The van der Waals surface area contributed by atoms with E-state index in [4.69, 9.17) is 22.1 Å². The monoisotopic (exact) mass is 394 g/mol. The van der Waals surface area contributed by atoms with Crippen LogP contribution in [0.3, 0.4) is 0 Å². The molecule has 0 spiro atoms. The molecule has 1 heterocycles. The second-order valence-electron chi connectivity index (χ2n) is 5.64. The first kappa shape index (κ1) is 18.2. The standard InChI is InChI=1S/C17H15ClN2O5S/c18-13-6-5-12(17(22)25-10-16(19)21)9-15(13)26(23,24)20-8-7-11-3-1-2-4-14(11)20/h1-6,9H,7-8,10H2,(H2,19,21). The summed E-state index contributed by atoms with van der Waals surface area (Å²) in [5, 5.41) is -0.0131. The van der Waals surface area contributed by atoms with E-state index in [1.165, 1.54) is 16.4 Å². The molecular formula is C17H15ClN2O5S. The van der Waals surface area contributed by atoms with E-state index >= 15 is 0 Å². The van der Waals surface area contributed by atoms with E-state index in [2.05, 4.69) is 0 Å². The number of amides is 1. The Labute approximate surface area is 155 Å². The van der Waals surface area contributed by atoms with Crippen LogP contribution >= 0.6 is 11.6 Å². The molecule has 1 aliphatic heterocycles.